The molecule has 0 aliphatic heterocycles. The largest absolute Gasteiger partial charge is 0.476 e. The maximum atomic E-state index is 10.4. The van der Waals surface area contributed by atoms with Crippen molar-refractivity contribution in [2.45, 2.75) is 0 Å². The first kappa shape index (κ1) is 8.47. The Hall–Kier alpha value is -1.63. The minimum absolute atomic E-state index is 0.0625. The molecule has 1 aromatic heterocycles. The molecule has 64 valence electrons. The van der Waals surface area contributed by atoms with E-state index in [9.17, 15) is 4.79 Å². The van der Waals surface area contributed by atoms with E-state index in [0.29, 0.717) is 0 Å². The highest BCUT2D eigenvalue weighted by atomic mass is 32.1. The third kappa shape index (κ3) is 1.51. The van der Waals surface area contributed by atoms with Gasteiger partial charge in [0.1, 0.15) is 5.69 Å². The summed E-state index contributed by atoms with van der Waals surface area (Å²) < 4.78 is 0. The number of aromatic nitrogens is 1. The van der Waals surface area contributed by atoms with E-state index in [-0.39, 0.29) is 10.8 Å². The number of aliphatic carboxylic acids is 1. The summed E-state index contributed by atoms with van der Waals surface area (Å²) in [5, 5.41) is 21.0. The van der Waals surface area contributed by atoms with Gasteiger partial charge in [-0.15, -0.1) is 11.3 Å². The second kappa shape index (κ2) is 3.18. The second-order valence-electron chi connectivity index (χ2n) is 1.82. The molecule has 0 unspecified atom stereocenters. The fraction of sp³-hybridized carbons (Fsp3) is 0. The third-order valence-corrected chi connectivity index (χ3v) is 1.74. The van der Waals surface area contributed by atoms with Crippen LogP contribution in [0.4, 0.5) is 5.13 Å². The predicted molar refractivity (Wildman–Crippen MR) is 42.5 cm³/mol. The van der Waals surface area contributed by atoms with E-state index in [1.165, 1.54) is 5.38 Å². The second-order valence-corrected chi connectivity index (χ2v) is 2.71. The number of carboxylic acids is 1. The lowest BCUT2D eigenvalue weighted by Crippen LogP contribution is -2.14. The molecule has 0 aliphatic carbocycles. The first-order chi connectivity index (χ1) is 5.65. The van der Waals surface area contributed by atoms with E-state index in [0.717, 1.165) is 11.3 Å². The van der Waals surface area contributed by atoms with Gasteiger partial charge >= 0.3 is 5.97 Å². The van der Waals surface area contributed by atoms with Crippen molar-refractivity contribution in [1.82, 2.24) is 4.98 Å². The number of nitrogen functional groups attached to an aromatic ring is 1. The fourth-order valence-electron chi connectivity index (χ4n) is 0.600. The Morgan fingerprint density at radius 1 is 1.75 bits per heavy atom. The average molecular weight is 187 g/mol. The number of carbonyl (C=O) groups is 1. The van der Waals surface area contributed by atoms with Crippen molar-refractivity contribution in [3.05, 3.63) is 11.1 Å². The molecule has 1 rings (SSSR count). The number of thiazole rings is 1. The van der Waals surface area contributed by atoms with E-state index in [2.05, 4.69) is 10.1 Å². The zero-order chi connectivity index (χ0) is 9.14. The molecule has 0 saturated heterocycles. The summed E-state index contributed by atoms with van der Waals surface area (Å²) >= 11 is 1.08. The van der Waals surface area contributed by atoms with Crippen LogP contribution >= 0.6 is 11.3 Å². The van der Waals surface area contributed by atoms with Crippen LogP contribution in [0.5, 0.6) is 0 Å². The highest BCUT2D eigenvalue weighted by Gasteiger charge is 2.15. The first-order valence-corrected chi connectivity index (χ1v) is 3.70. The molecule has 0 saturated carbocycles. The molecule has 0 atom stereocenters. The molecule has 0 radical (unpaired) electrons. The molecule has 12 heavy (non-hydrogen) atoms. The highest BCUT2D eigenvalue weighted by Crippen LogP contribution is 2.11. The number of rotatable bonds is 2. The minimum atomic E-state index is -1.34. The molecule has 0 aliphatic rings. The van der Waals surface area contributed by atoms with Gasteiger partial charge in [0.2, 0.25) is 5.71 Å². The van der Waals surface area contributed by atoms with Gasteiger partial charge in [0.05, 0.1) is 0 Å². The van der Waals surface area contributed by atoms with E-state index >= 15 is 0 Å². The Morgan fingerprint density at radius 2 is 2.42 bits per heavy atom. The van der Waals surface area contributed by atoms with Crippen molar-refractivity contribution in [1.29, 1.82) is 0 Å². The zero-order valence-corrected chi connectivity index (χ0v) is 6.58. The average Bonchev–Trinajstić information content (AvgIpc) is 2.37. The number of anilines is 1. The van der Waals surface area contributed by atoms with Crippen LogP contribution in [0.2, 0.25) is 0 Å². The summed E-state index contributed by atoms with van der Waals surface area (Å²) in [7, 11) is 0. The van der Waals surface area contributed by atoms with Gasteiger partial charge in [0, 0.05) is 5.38 Å². The Bertz CT molecular complexity index is 332. The summed E-state index contributed by atoms with van der Waals surface area (Å²) in [6.45, 7) is 0. The van der Waals surface area contributed by atoms with Crippen molar-refractivity contribution >= 4 is 28.1 Å². The molecule has 4 N–H and O–H groups in total. The zero-order valence-electron chi connectivity index (χ0n) is 5.76. The summed E-state index contributed by atoms with van der Waals surface area (Å²) in [5.74, 6) is -1.34. The van der Waals surface area contributed by atoms with Gasteiger partial charge in [-0.05, 0) is 0 Å². The van der Waals surface area contributed by atoms with Crippen LogP contribution < -0.4 is 5.73 Å². The van der Waals surface area contributed by atoms with Crippen LogP contribution in [0.25, 0.3) is 0 Å². The van der Waals surface area contributed by atoms with E-state index in [4.69, 9.17) is 16.0 Å². The number of carboxylic acid groups (broad SMARTS) is 1. The number of hydrogen-bond donors (Lipinski definition) is 3. The van der Waals surface area contributed by atoms with Crippen molar-refractivity contribution in [2.75, 3.05) is 5.73 Å². The Balaban J connectivity index is 3.04. The topological polar surface area (TPSA) is 109 Å². The number of hydrogen-bond acceptors (Lipinski definition) is 6. The van der Waals surface area contributed by atoms with Crippen molar-refractivity contribution in [2.24, 2.45) is 5.16 Å². The molecule has 0 amide bonds. The molecule has 6 nitrogen and oxygen atoms in total. The smallest absolute Gasteiger partial charge is 0.360 e. The number of nitrogens with zero attached hydrogens (tertiary/aromatic N) is 2. The van der Waals surface area contributed by atoms with Gasteiger partial charge < -0.3 is 16.0 Å². The lowest BCUT2D eigenvalue weighted by Gasteiger charge is -1.90. The van der Waals surface area contributed by atoms with E-state index in [1.807, 2.05) is 0 Å². The highest BCUT2D eigenvalue weighted by molar-refractivity contribution is 7.13. The SMILES string of the molecule is Nc1nc(/C(=N/O)C(=O)O)cs1. The van der Waals surface area contributed by atoms with Gasteiger partial charge in [0.15, 0.2) is 5.13 Å². The third-order valence-electron chi connectivity index (χ3n) is 1.07. The Labute approximate surface area is 71.0 Å². The minimum Gasteiger partial charge on any atom is -0.476 e. The molecule has 0 spiro atoms. The van der Waals surface area contributed by atoms with E-state index in [1.54, 1.807) is 0 Å². The van der Waals surface area contributed by atoms with E-state index < -0.39 is 11.7 Å². The quantitative estimate of drug-likeness (QED) is 0.342. The summed E-state index contributed by atoms with van der Waals surface area (Å²) in [5.41, 5.74) is 4.80. The maximum Gasteiger partial charge on any atom is 0.360 e. The van der Waals surface area contributed by atoms with Crippen LogP contribution in [0.15, 0.2) is 10.5 Å². The first-order valence-electron chi connectivity index (χ1n) is 2.82. The Kier molecular flexibility index (Phi) is 2.24. The van der Waals surface area contributed by atoms with Crippen molar-refractivity contribution in [3.63, 3.8) is 0 Å². The molecule has 0 bridgehead atoms. The lowest BCUT2D eigenvalue weighted by atomic mass is 10.3. The molecule has 0 fully saturated rings. The molecule has 7 heteroatoms. The van der Waals surface area contributed by atoms with Gasteiger partial charge in [0.25, 0.3) is 0 Å². The van der Waals surface area contributed by atoms with Crippen LogP contribution in [-0.4, -0.2) is 27.0 Å². The fourth-order valence-corrected chi connectivity index (χ4v) is 1.15. The van der Waals surface area contributed by atoms with Gasteiger partial charge in [-0.3, -0.25) is 0 Å². The van der Waals surface area contributed by atoms with Crippen molar-refractivity contribution < 1.29 is 15.1 Å². The van der Waals surface area contributed by atoms with Gasteiger partial charge in [-0.1, -0.05) is 5.16 Å². The van der Waals surface area contributed by atoms with Crippen LogP contribution in [-0.2, 0) is 4.79 Å². The molecule has 0 aromatic carbocycles. The molecule has 1 heterocycles. The summed E-state index contributed by atoms with van der Waals surface area (Å²) in [6, 6.07) is 0. The van der Waals surface area contributed by atoms with Gasteiger partial charge in [-0.2, -0.15) is 0 Å². The van der Waals surface area contributed by atoms with Crippen LogP contribution in [0.1, 0.15) is 5.69 Å². The normalized spacial score (nSPS) is 11.5. The number of oxime groups is 1. The maximum absolute atomic E-state index is 10.4. The van der Waals surface area contributed by atoms with Crippen LogP contribution in [0, 0.1) is 0 Å². The Morgan fingerprint density at radius 3 is 2.75 bits per heavy atom. The van der Waals surface area contributed by atoms with Gasteiger partial charge in [-0.25, -0.2) is 9.78 Å². The lowest BCUT2D eigenvalue weighted by molar-refractivity contribution is -0.129. The molecule has 1 aromatic rings. The standard InChI is InChI=1S/C5H5N3O3S/c6-5-7-2(1-12-5)3(8-11)4(9)10/h1,11H,(H2,6,7)(H,9,10)/b8-3-. The summed E-state index contributed by atoms with van der Waals surface area (Å²) in [6.07, 6.45) is 0. The number of nitrogens with two attached hydrogens (primary N) is 1. The molecular weight excluding hydrogens is 182 g/mol. The predicted octanol–water partition coefficient (Wildman–Crippen LogP) is -0.0118. The van der Waals surface area contributed by atoms with Crippen molar-refractivity contribution in [3.8, 4) is 0 Å². The summed E-state index contributed by atoms with van der Waals surface area (Å²) in [4.78, 5) is 14.0. The monoisotopic (exact) mass is 187 g/mol. The van der Waals surface area contributed by atoms with Crippen LogP contribution in [0.3, 0.4) is 0 Å². The molecular formula is C5H5N3O3S.